The molecule has 1 aliphatic heterocycles. The molecule has 2 aromatic rings. The normalized spacial score (nSPS) is 13.3. The molecule has 1 aromatic carbocycles. The number of fused-ring (bicyclic) bond motifs is 1. The van der Waals surface area contributed by atoms with Crippen molar-refractivity contribution in [1.82, 2.24) is 4.98 Å². The molecule has 0 unspecified atom stereocenters. The Balaban J connectivity index is 1.85. The number of benzene rings is 1. The van der Waals surface area contributed by atoms with Gasteiger partial charge in [-0.3, -0.25) is 0 Å². The van der Waals surface area contributed by atoms with Crippen molar-refractivity contribution in [2.45, 2.75) is 6.18 Å². The number of halogens is 4. The van der Waals surface area contributed by atoms with Crippen LogP contribution in [0.25, 0.3) is 0 Å². The van der Waals surface area contributed by atoms with Crippen LogP contribution in [0.15, 0.2) is 30.5 Å². The standard InChI is InChI=1S/C13H7ClF3NO3/c14-9-3-7(13(15,16)17)5-18-12(9)21-8-1-2-10-11(4-8)20-6-19-10/h1-5H,6H2. The number of nitrogens with zero attached hydrogens (tertiary/aromatic N) is 1. The average molecular weight is 318 g/mol. The average Bonchev–Trinajstić information content (AvgIpc) is 2.87. The minimum atomic E-state index is -4.51. The minimum absolute atomic E-state index is 0.109. The van der Waals surface area contributed by atoms with Gasteiger partial charge in [-0.2, -0.15) is 13.2 Å². The van der Waals surface area contributed by atoms with Gasteiger partial charge < -0.3 is 14.2 Å². The van der Waals surface area contributed by atoms with Gasteiger partial charge >= 0.3 is 6.18 Å². The first-order chi connectivity index (χ1) is 9.93. The van der Waals surface area contributed by atoms with E-state index in [1.807, 2.05) is 0 Å². The van der Waals surface area contributed by atoms with E-state index in [1.165, 1.54) is 6.07 Å². The van der Waals surface area contributed by atoms with E-state index in [1.54, 1.807) is 12.1 Å². The third-order valence-electron chi connectivity index (χ3n) is 2.69. The molecule has 0 saturated heterocycles. The van der Waals surface area contributed by atoms with Crippen LogP contribution in [-0.4, -0.2) is 11.8 Å². The van der Waals surface area contributed by atoms with Gasteiger partial charge in [0.25, 0.3) is 0 Å². The van der Waals surface area contributed by atoms with Gasteiger partial charge in [-0.25, -0.2) is 4.98 Å². The Labute approximate surface area is 122 Å². The van der Waals surface area contributed by atoms with E-state index in [2.05, 4.69) is 4.98 Å². The molecule has 2 heterocycles. The van der Waals surface area contributed by atoms with Gasteiger partial charge in [0, 0.05) is 12.3 Å². The Morgan fingerprint density at radius 3 is 2.62 bits per heavy atom. The summed E-state index contributed by atoms with van der Waals surface area (Å²) >= 11 is 5.76. The highest BCUT2D eigenvalue weighted by atomic mass is 35.5. The number of ether oxygens (including phenoxy) is 3. The zero-order valence-electron chi connectivity index (χ0n) is 10.3. The summed E-state index contributed by atoms with van der Waals surface area (Å²) in [5, 5.41) is -0.234. The Hall–Kier alpha value is -2.15. The number of hydrogen-bond acceptors (Lipinski definition) is 4. The predicted molar refractivity (Wildman–Crippen MR) is 66.9 cm³/mol. The number of hydrogen-bond donors (Lipinski definition) is 0. The molecule has 110 valence electrons. The number of rotatable bonds is 2. The van der Waals surface area contributed by atoms with Crippen molar-refractivity contribution >= 4 is 11.6 Å². The molecule has 0 amide bonds. The summed E-state index contributed by atoms with van der Waals surface area (Å²) in [7, 11) is 0. The van der Waals surface area contributed by atoms with Crippen LogP contribution in [0.3, 0.4) is 0 Å². The van der Waals surface area contributed by atoms with Crippen LogP contribution in [0.1, 0.15) is 5.56 Å². The van der Waals surface area contributed by atoms with E-state index in [0.29, 0.717) is 23.4 Å². The Morgan fingerprint density at radius 1 is 1.14 bits per heavy atom. The minimum Gasteiger partial charge on any atom is -0.454 e. The maximum Gasteiger partial charge on any atom is 0.417 e. The van der Waals surface area contributed by atoms with Gasteiger partial charge in [0.1, 0.15) is 10.8 Å². The van der Waals surface area contributed by atoms with E-state index in [0.717, 1.165) is 6.07 Å². The highest BCUT2D eigenvalue weighted by Crippen LogP contribution is 2.38. The summed E-state index contributed by atoms with van der Waals surface area (Å²) in [4.78, 5) is 3.59. The Kier molecular flexibility index (Phi) is 3.29. The molecule has 0 saturated carbocycles. The fourth-order valence-electron chi connectivity index (χ4n) is 1.71. The van der Waals surface area contributed by atoms with E-state index in [-0.39, 0.29) is 17.7 Å². The summed E-state index contributed by atoms with van der Waals surface area (Å²) in [6.07, 6.45) is -3.85. The third kappa shape index (κ3) is 2.82. The summed E-state index contributed by atoms with van der Waals surface area (Å²) in [6.45, 7) is 0.109. The first kappa shape index (κ1) is 13.8. The summed E-state index contributed by atoms with van der Waals surface area (Å²) in [5.74, 6) is 1.25. The van der Waals surface area contributed by atoms with Crippen molar-refractivity contribution in [3.8, 4) is 23.1 Å². The Morgan fingerprint density at radius 2 is 1.90 bits per heavy atom. The van der Waals surface area contributed by atoms with Gasteiger partial charge in [0.2, 0.25) is 12.7 Å². The van der Waals surface area contributed by atoms with Crippen molar-refractivity contribution in [2.75, 3.05) is 6.79 Å². The molecular formula is C13H7ClF3NO3. The van der Waals surface area contributed by atoms with Crippen molar-refractivity contribution in [1.29, 1.82) is 0 Å². The Bertz CT molecular complexity index is 691. The zero-order chi connectivity index (χ0) is 15.0. The fourth-order valence-corrected chi connectivity index (χ4v) is 1.91. The van der Waals surface area contributed by atoms with Gasteiger partial charge in [0.05, 0.1) is 5.56 Å². The molecule has 0 aliphatic carbocycles. The molecule has 1 aliphatic rings. The lowest BCUT2D eigenvalue weighted by Crippen LogP contribution is -2.05. The lowest BCUT2D eigenvalue weighted by molar-refractivity contribution is -0.137. The van der Waals surface area contributed by atoms with Crippen molar-refractivity contribution < 1.29 is 27.4 Å². The largest absolute Gasteiger partial charge is 0.454 e. The molecule has 4 nitrogen and oxygen atoms in total. The van der Waals surface area contributed by atoms with Crippen LogP contribution < -0.4 is 14.2 Å². The first-order valence-corrected chi connectivity index (χ1v) is 6.11. The molecule has 0 spiro atoms. The van der Waals surface area contributed by atoms with Gasteiger partial charge in [-0.15, -0.1) is 0 Å². The van der Waals surface area contributed by atoms with Gasteiger partial charge in [-0.1, -0.05) is 11.6 Å². The molecule has 0 N–H and O–H groups in total. The topological polar surface area (TPSA) is 40.6 Å². The fraction of sp³-hybridized carbons (Fsp3) is 0.154. The maximum absolute atomic E-state index is 12.5. The molecule has 0 bridgehead atoms. The number of aromatic nitrogens is 1. The second kappa shape index (κ2) is 5.00. The smallest absolute Gasteiger partial charge is 0.417 e. The summed E-state index contributed by atoms with van der Waals surface area (Å²) < 4.78 is 53.2. The summed E-state index contributed by atoms with van der Waals surface area (Å²) in [6, 6.07) is 5.49. The molecule has 8 heteroatoms. The summed E-state index contributed by atoms with van der Waals surface area (Å²) in [5.41, 5.74) is -0.939. The van der Waals surface area contributed by atoms with Crippen LogP contribution >= 0.6 is 11.6 Å². The van der Waals surface area contributed by atoms with Crippen LogP contribution in [0, 0.1) is 0 Å². The van der Waals surface area contributed by atoms with Crippen molar-refractivity contribution in [3.63, 3.8) is 0 Å². The molecular weight excluding hydrogens is 311 g/mol. The molecule has 21 heavy (non-hydrogen) atoms. The van der Waals surface area contributed by atoms with Crippen LogP contribution in [-0.2, 0) is 6.18 Å². The van der Waals surface area contributed by atoms with Crippen molar-refractivity contribution in [3.05, 3.63) is 41.0 Å². The molecule has 0 fully saturated rings. The predicted octanol–water partition coefficient (Wildman–Crippen LogP) is 4.27. The highest BCUT2D eigenvalue weighted by Gasteiger charge is 2.31. The molecule has 0 atom stereocenters. The van der Waals surface area contributed by atoms with Crippen molar-refractivity contribution in [2.24, 2.45) is 0 Å². The van der Waals surface area contributed by atoms with Crippen LogP contribution in [0.2, 0.25) is 5.02 Å². The monoisotopic (exact) mass is 317 g/mol. The first-order valence-electron chi connectivity index (χ1n) is 5.74. The van der Waals surface area contributed by atoms with Crippen LogP contribution in [0.4, 0.5) is 13.2 Å². The number of alkyl halides is 3. The second-order valence-electron chi connectivity index (χ2n) is 4.13. The van der Waals surface area contributed by atoms with Gasteiger partial charge in [0.15, 0.2) is 11.5 Å². The third-order valence-corrected chi connectivity index (χ3v) is 2.96. The zero-order valence-corrected chi connectivity index (χ0v) is 11.0. The quantitative estimate of drug-likeness (QED) is 0.829. The highest BCUT2D eigenvalue weighted by molar-refractivity contribution is 6.31. The molecule has 1 aromatic heterocycles. The van der Waals surface area contributed by atoms with E-state index < -0.39 is 11.7 Å². The van der Waals surface area contributed by atoms with Crippen LogP contribution in [0.5, 0.6) is 23.1 Å². The van der Waals surface area contributed by atoms with E-state index >= 15 is 0 Å². The molecule has 3 rings (SSSR count). The SMILES string of the molecule is FC(F)(F)c1cnc(Oc2ccc3c(c2)OCO3)c(Cl)c1. The number of pyridine rings is 1. The van der Waals surface area contributed by atoms with E-state index in [9.17, 15) is 13.2 Å². The second-order valence-corrected chi connectivity index (χ2v) is 4.53. The van der Waals surface area contributed by atoms with Gasteiger partial charge in [-0.05, 0) is 18.2 Å². The molecule has 0 radical (unpaired) electrons. The van der Waals surface area contributed by atoms with E-state index in [4.69, 9.17) is 25.8 Å². The maximum atomic E-state index is 12.5. The lowest BCUT2D eigenvalue weighted by Gasteiger charge is -2.10. The lowest BCUT2D eigenvalue weighted by atomic mass is 10.3.